The van der Waals surface area contributed by atoms with E-state index in [2.05, 4.69) is 41.5 Å². The van der Waals surface area contributed by atoms with Gasteiger partial charge >= 0.3 is 0 Å². The highest BCUT2D eigenvalue weighted by Gasteiger charge is 2.24. The van der Waals surface area contributed by atoms with Crippen molar-refractivity contribution >= 4 is 40.8 Å². The van der Waals surface area contributed by atoms with Crippen LogP contribution in [0.2, 0.25) is 10.0 Å². The van der Waals surface area contributed by atoms with E-state index in [1.807, 2.05) is 12.1 Å². The third-order valence-corrected chi connectivity index (χ3v) is 7.75. The van der Waals surface area contributed by atoms with Crippen LogP contribution in [-0.4, -0.2) is 48.5 Å². The van der Waals surface area contributed by atoms with Gasteiger partial charge in [-0.3, -0.25) is 4.79 Å². The lowest BCUT2D eigenvalue weighted by Gasteiger charge is -2.35. The lowest BCUT2D eigenvalue weighted by atomic mass is 9.87. The van der Waals surface area contributed by atoms with E-state index in [0.717, 1.165) is 60.8 Å². The number of rotatable bonds is 6. The summed E-state index contributed by atoms with van der Waals surface area (Å²) in [5.74, 6) is 0.338. The number of hydrogen-bond donors (Lipinski definition) is 3. The van der Waals surface area contributed by atoms with Crippen molar-refractivity contribution in [1.29, 1.82) is 0 Å². The maximum Gasteiger partial charge on any atom is 0.218 e. The molecule has 6 nitrogen and oxygen atoms in total. The number of hydrogen-bond acceptors (Lipinski definition) is 3. The van der Waals surface area contributed by atoms with Crippen molar-refractivity contribution in [2.75, 3.05) is 25.0 Å². The Kier molecular flexibility index (Phi) is 9.15. The zero-order valence-corrected chi connectivity index (χ0v) is 22.7. The summed E-state index contributed by atoms with van der Waals surface area (Å²) in [6.45, 7) is 7.09. The fourth-order valence-corrected chi connectivity index (χ4v) is 5.80. The second kappa shape index (κ2) is 12.3. The van der Waals surface area contributed by atoms with Gasteiger partial charge in [0.15, 0.2) is 5.96 Å². The van der Waals surface area contributed by atoms with E-state index < -0.39 is 0 Å². The Bertz CT molecular complexity index is 1100. The van der Waals surface area contributed by atoms with Crippen molar-refractivity contribution in [1.82, 2.24) is 10.2 Å². The third-order valence-electron chi connectivity index (χ3n) is 7.19. The van der Waals surface area contributed by atoms with Crippen LogP contribution in [0.4, 0.5) is 5.69 Å². The molecular weight excluding hydrogens is 493 g/mol. The summed E-state index contributed by atoms with van der Waals surface area (Å²) in [5, 5.41) is 8.28. The molecule has 1 aliphatic carbocycles. The Balaban J connectivity index is 1.62. The number of piperazine rings is 1. The molecule has 2 aliphatic rings. The molecule has 36 heavy (non-hydrogen) atoms. The smallest absolute Gasteiger partial charge is 0.218 e. The summed E-state index contributed by atoms with van der Waals surface area (Å²) in [4.78, 5) is 19.5. The van der Waals surface area contributed by atoms with Gasteiger partial charge in [0, 0.05) is 53.7 Å². The van der Waals surface area contributed by atoms with Crippen LogP contribution in [0.5, 0.6) is 0 Å². The highest BCUT2D eigenvalue weighted by atomic mass is 35.5. The van der Waals surface area contributed by atoms with Gasteiger partial charge in [0.05, 0.1) is 6.04 Å². The van der Waals surface area contributed by atoms with E-state index in [4.69, 9.17) is 33.9 Å². The molecule has 1 unspecified atom stereocenters. The number of aliphatic imine (C=N–C) groups is 1. The molecule has 2 fully saturated rings. The van der Waals surface area contributed by atoms with Crippen LogP contribution in [0.25, 0.3) is 0 Å². The van der Waals surface area contributed by atoms with Crippen LogP contribution in [0.3, 0.4) is 0 Å². The number of carbonyl (C=O) groups excluding carboxylic acids is 1. The fourth-order valence-electron chi connectivity index (χ4n) is 5.26. The van der Waals surface area contributed by atoms with Gasteiger partial charge in [-0.25, -0.2) is 4.99 Å². The minimum Gasteiger partial charge on any atom is -0.370 e. The number of amides is 1. The maximum atomic E-state index is 11.9. The molecule has 0 aromatic heterocycles. The molecule has 0 radical (unpaired) electrons. The molecule has 2 aromatic carbocycles. The van der Waals surface area contributed by atoms with Crippen molar-refractivity contribution in [3.63, 3.8) is 0 Å². The molecule has 1 heterocycles. The van der Waals surface area contributed by atoms with E-state index >= 15 is 0 Å². The summed E-state index contributed by atoms with van der Waals surface area (Å²) in [6, 6.07) is 12.4. The molecule has 2 atom stereocenters. The van der Waals surface area contributed by atoms with E-state index in [1.54, 1.807) is 12.1 Å². The molecule has 1 saturated heterocycles. The number of nitrogens with one attached hydrogen (secondary N) is 2. The Morgan fingerprint density at radius 3 is 2.64 bits per heavy atom. The van der Waals surface area contributed by atoms with Gasteiger partial charge in [-0.15, -0.1) is 0 Å². The maximum absolute atomic E-state index is 11.9. The Morgan fingerprint density at radius 1 is 1.19 bits per heavy atom. The minimum atomic E-state index is -0.374. The number of aryl methyl sites for hydroxylation is 1. The number of benzene rings is 2. The van der Waals surface area contributed by atoms with Crippen LogP contribution in [0.1, 0.15) is 68.1 Å². The number of halogens is 2. The van der Waals surface area contributed by atoms with Crippen LogP contribution in [-0.2, 0) is 4.79 Å². The van der Waals surface area contributed by atoms with Gasteiger partial charge in [-0.2, -0.15) is 0 Å². The zero-order valence-electron chi connectivity index (χ0n) is 21.2. The molecule has 0 spiro atoms. The summed E-state index contributed by atoms with van der Waals surface area (Å²) < 4.78 is 0. The molecular formula is C28H37Cl2N5O. The number of nitrogens with two attached hydrogens (primary N) is 1. The molecule has 194 valence electrons. The van der Waals surface area contributed by atoms with Crippen LogP contribution < -0.4 is 16.4 Å². The third kappa shape index (κ3) is 6.93. The predicted octanol–water partition coefficient (Wildman–Crippen LogP) is 5.70. The van der Waals surface area contributed by atoms with E-state index in [9.17, 15) is 4.79 Å². The monoisotopic (exact) mass is 529 g/mol. The number of carbonyl (C=O) groups is 1. The van der Waals surface area contributed by atoms with Crippen LogP contribution >= 0.6 is 23.2 Å². The molecule has 2 aromatic rings. The lowest BCUT2D eigenvalue weighted by molar-refractivity contribution is -0.118. The van der Waals surface area contributed by atoms with Crippen molar-refractivity contribution in [3.05, 3.63) is 63.1 Å². The van der Waals surface area contributed by atoms with Gasteiger partial charge in [-0.05, 0) is 61.6 Å². The van der Waals surface area contributed by atoms with Crippen molar-refractivity contribution in [3.8, 4) is 0 Å². The number of nitrogens with zero attached hydrogens (tertiary/aromatic N) is 2. The van der Waals surface area contributed by atoms with Gasteiger partial charge in [-0.1, -0.05) is 60.7 Å². The van der Waals surface area contributed by atoms with Gasteiger partial charge in [0.25, 0.3) is 0 Å². The van der Waals surface area contributed by atoms with Gasteiger partial charge < -0.3 is 21.3 Å². The highest BCUT2D eigenvalue weighted by Crippen LogP contribution is 2.36. The van der Waals surface area contributed by atoms with Crippen LogP contribution in [0, 0.1) is 6.92 Å². The molecule has 8 heteroatoms. The molecule has 0 bridgehead atoms. The minimum absolute atomic E-state index is 0.167. The second-order valence-corrected chi connectivity index (χ2v) is 11.0. The molecule has 1 aliphatic heterocycles. The first kappa shape index (κ1) is 26.8. The predicted molar refractivity (Wildman–Crippen MR) is 150 cm³/mol. The summed E-state index contributed by atoms with van der Waals surface area (Å²) >= 11 is 12.6. The average Bonchev–Trinajstić information content (AvgIpc) is 2.84. The highest BCUT2D eigenvalue weighted by molar-refractivity contribution is 6.35. The average molecular weight is 531 g/mol. The quantitative estimate of drug-likeness (QED) is 0.330. The Labute approximate surface area is 224 Å². The number of anilines is 1. The van der Waals surface area contributed by atoms with Crippen molar-refractivity contribution in [2.24, 2.45) is 10.7 Å². The van der Waals surface area contributed by atoms with E-state index in [0.29, 0.717) is 22.1 Å². The summed E-state index contributed by atoms with van der Waals surface area (Å²) in [7, 11) is 0. The largest absolute Gasteiger partial charge is 0.370 e. The molecule has 4 rings (SSSR count). The lowest BCUT2D eigenvalue weighted by Crippen LogP contribution is -2.53. The zero-order chi connectivity index (χ0) is 25.7. The van der Waals surface area contributed by atoms with E-state index in [-0.39, 0.29) is 18.2 Å². The van der Waals surface area contributed by atoms with E-state index in [1.165, 1.54) is 19.3 Å². The van der Waals surface area contributed by atoms with Gasteiger partial charge in [0.1, 0.15) is 0 Å². The topological polar surface area (TPSA) is 82.8 Å². The normalized spacial score (nSPS) is 20.3. The fraction of sp³-hybridized carbons (Fsp3) is 0.500. The summed E-state index contributed by atoms with van der Waals surface area (Å²) in [6.07, 6.45) is 6.29. The Hall–Kier alpha value is -2.28. The molecule has 1 saturated carbocycles. The second-order valence-electron chi connectivity index (χ2n) is 10.1. The first-order valence-electron chi connectivity index (χ1n) is 13.0. The van der Waals surface area contributed by atoms with Crippen molar-refractivity contribution in [2.45, 2.75) is 70.4 Å². The Morgan fingerprint density at radius 2 is 1.97 bits per heavy atom. The van der Waals surface area contributed by atoms with Crippen LogP contribution in [0.15, 0.2) is 41.4 Å². The van der Waals surface area contributed by atoms with Crippen molar-refractivity contribution < 1.29 is 4.79 Å². The van der Waals surface area contributed by atoms with Gasteiger partial charge in [0.2, 0.25) is 5.91 Å². The SMILES string of the molecule is Cc1cc(C(CC(N)=O)c2ccc(Cl)cc2Cl)ccc1NC(=NC1CCCCC1)N1CCN[C@@H](C)C1. The summed E-state index contributed by atoms with van der Waals surface area (Å²) in [5.41, 5.74) is 9.54. The first-order chi connectivity index (χ1) is 17.3. The standard InChI is InChI=1S/C28H37Cl2N5O/c1-18-14-20(24(16-27(31)36)23-10-9-21(29)15-25(23)30)8-11-26(18)34-28(33-22-6-4-3-5-7-22)35-13-12-32-19(2)17-35/h8-11,14-15,19,22,24,32H,3-7,12-13,16-17H2,1-2H3,(H2,31,36)(H,33,34)/t19-,24?/m0/s1. The molecule has 4 N–H and O–H groups in total. The number of guanidine groups is 1. The number of primary amides is 1. The first-order valence-corrected chi connectivity index (χ1v) is 13.7. The molecule has 1 amide bonds.